The van der Waals surface area contributed by atoms with E-state index < -0.39 is 42.8 Å². The van der Waals surface area contributed by atoms with E-state index in [0.29, 0.717) is 6.42 Å². The van der Waals surface area contributed by atoms with Crippen LogP contribution in [0.5, 0.6) is 0 Å². The Morgan fingerprint density at radius 2 is 1.35 bits per heavy atom. The van der Waals surface area contributed by atoms with Crippen LogP contribution in [0, 0.1) is 0 Å². The second kappa shape index (κ2) is 18.3. The summed E-state index contributed by atoms with van der Waals surface area (Å²) in [6.07, 6.45) is -4.62. The number of nitrogens with zero attached hydrogens (tertiary/aromatic N) is 3. The highest BCUT2D eigenvalue weighted by Gasteiger charge is 2.50. The number of hydrogen-bond acceptors (Lipinski definition) is 9. The summed E-state index contributed by atoms with van der Waals surface area (Å²) in [6.45, 7) is 2.25. The Balaban J connectivity index is 1.08. The molecule has 1 heterocycles. The Kier molecular flexibility index (Phi) is 12.9. The van der Waals surface area contributed by atoms with Gasteiger partial charge in [-0.05, 0) is 45.3 Å². The maximum Gasteiger partial charge on any atom is 0.407 e. The van der Waals surface area contributed by atoms with E-state index in [0.717, 1.165) is 33.4 Å². The summed E-state index contributed by atoms with van der Waals surface area (Å²) < 4.78 is 36.6. The fraction of sp³-hybridized carbons (Fsp3) is 0.350. The largest absolute Gasteiger partial charge is 0.454 e. The Morgan fingerprint density at radius 1 is 0.769 bits per heavy atom. The Hall–Kier alpha value is -5.23. The molecule has 1 aliphatic heterocycles. The van der Waals surface area contributed by atoms with Crippen molar-refractivity contribution in [2.45, 2.75) is 63.2 Å². The van der Waals surface area contributed by atoms with Gasteiger partial charge in [0.05, 0.1) is 32.5 Å². The summed E-state index contributed by atoms with van der Waals surface area (Å²) >= 11 is 0. The first-order valence-electron chi connectivity index (χ1n) is 17.4. The third kappa shape index (κ3) is 9.35. The SMILES string of the molecule is CC(=O)O[C@@H]1[C@@H](OCCCNC(=O)OCC2c3ccccc3-c3ccccc32)O[C@H](CN=[N+]=[N-])[C@@H](OCc2ccccc2)[C@@H]1OCc1ccccc1. The van der Waals surface area contributed by atoms with Crippen molar-refractivity contribution in [3.05, 3.63) is 142 Å². The van der Waals surface area contributed by atoms with Gasteiger partial charge in [-0.3, -0.25) is 4.79 Å². The smallest absolute Gasteiger partial charge is 0.407 e. The monoisotopic (exact) mass is 706 g/mol. The van der Waals surface area contributed by atoms with Crippen molar-refractivity contribution in [1.29, 1.82) is 0 Å². The normalized spacial score (nSPS) is 20.6. The highest BCUT2D eigenvalue weighted by atomic mass is 16.7. The summed E-state index contributed by atoms with van der Waals surface area (Å²) in [4.78, 5) is 28.0. The zero-order valence-corrected chi connectivity index (χ0v) is 28.9. The molecule has 1 saturated heterocycles. The number of amides is 1. The third-order valence-electron chi connectivity index (χ3n) is 9.00. The summed E-state index contributed by atoms with van der Waals surface area (Å²) in [7, 11) is 0. The lowest BCUT2D eigenvalue weighted by molar-refractivity contribution is -0.313. The van der Waals surface area contributed by atoms with Crippen LogP contribution in [0.1, 0.15) is 41.5 Å². The molecule has 2 aliphatic rings. The molecular formula is C40H42N4O8. The average Bonchev–Trinajstić information content (AvgIpc) is 3.49. The minimum absolute atomic E-state index is 0.0426. The number of rotatable bonds is 16. The number of nitrogens with one attached hydrogen (secondary N) is 1. The first-order chi connectivity index (χ1) is 25.5. The minimum atomic E-state index is -1.07. The lowest BCUT2D eigenvalue weighted by atomic mass is 9.97. The van der Waals surface area contributed by atoms with Crippen LogP contribution in [0.2, 0.25) is 0 Å². The van der Waals surface area contributed by atoms with E-state index >= 15 is 0 Å². The predicted octanol–water partition coefficient (Wildman–Crippen LogP) is 7.07. The van der Waals surface area contributed by atoms with Crippen molar-refractivity contribution < 1.29 is 38.0 Å². The molecule has 0 unspecified atom stereocenters. The molecule has 0 radical (unpaired) electrons. The van der Waals surface area contributed by atoms with Gasteiger partial charge >= 0.3 is 12.1 Å². The van der Waals surface area contributed by atoms with Crippen LogP contribution in [0.4, 0.5) is 4.79 Å². The lowest BCUT2D eigenvalue weighted by Crippen LogP contribution is -2.61. The zero-order chi connectivity index (χ0) is 36.1. The number of hydrogen-bond donors (Lipinski definition) is 1. The number of ether oxygens (including phenoxy) is 6. The first-order valence-corrected chi connectivity index (χ1v) is 17.4. The van der Waals surface area contributed by atoms with Gasteiger partial charge in [0.1, 0.15) is 18.8 Å². The second-order valence-electron chi connectivity index (χ2n) is 12.5. The molecule has 0 aromatic heterocycles. The second-order valence-corrected chi connectivity index (χ2v) is 12.5. The number of azide groups is 1. The van der Waals surface area contributed by atoms with Crippen molar-refractivity contribution in [3.63, 3.8) is 0 Å². The molecule has 52 heavy (non-hydrogen) atoms. The molecular weight excluding hydrogens is 664 g/mol. The van der Waals surface area contributed by atoms with E-state index in [2.05, 4.69) is 39.6 Å². The molecule has 12 heteroatoms. The van der Waals surface area contributed by atoms with Crippen molar-refractivity contribution in [2.24, 2.45) is 5.11 Å². The standard InChI is InChI=1S/C40H42N4O8/c1-27(45)51-38-37(49-25-29-15-6-3-7-16-29)36(48-24-28-13-4-2-5-14-28)35(23-43-44-41)52-39(38)47-22-12-21-42-40(46)50-26-34-32-19-10-8-17-30(32)31-18-9-11-20-33(31)34/h2-11,13-20,34-39H,12,21-26H2,1H3,(H,42,46)/t35-,36-,37+,38+,39+/m1/s1. The van der Waals surface area contributed by atoms with Crippen LogP contribution in [0.15, 0.2) is 114 Å². The highest BCUT2D eigenvalue weighted by molar-refractivity contribution is 5.79. The van der Waals surface area contributed by atoms with Gasteiger partial charge in [-0.25, -0.2) is 4.79 Å². The van der Waals surface area contributed by atoms with Gasteiger partial charge in [0, 0.05) is 24.3 Å². The third-order valence-corrected chi connectivity index (χ3v) is 9.00. The van der Waals surface area contributed by atoms with Crippen molar-refractivity contribution in [1.82, 2.24) is 5.32 Å². The summed E-state index contributed by atoms with van der Waals surface area (Å²) in [5.74, 6) is -0.596. The fourth-order valence-electron chi connectivity index (χ4n) is 6.63. The van der Waals surface area contributed by atoms with E-state index in [9.17, 15) is 9.59 Å². The maximum absolute atomic E-state index is 12.7. The molecule has 1 aliphatic carbocycles. The predicted molar refractivity (Wildman–Crippen MR) is 192 cm³/mol. The van der Waals surface area contributed by atoms with Crippen molar-refractivity contribution in [2.75, 3.05) is 26.3 Å². The lowest BCUT2D eigenvalue weighted by Gasteiger charge is -2.45. The summed E-state index contributed by atoms with van der Waals surface area (Å²) in [6, 6.07) is 35.5. The molecule has 0 spiro atoms. The van der Waals surface area contributed by atoms with E-state index in [4.69, 9.17) is 34.0 Å². The number of carbonyl (C=O) groups is 2. The minimum Gasteiger partial charge on any atom is -0.454 e. The molecule has 4 aromatic carbocycles. The Labute approximate surface area is 302 Å². The van der Waals surface area contributed by atoms with E-state index in [1.807, 2.05) is 84.9 Å². The number of alkyl carbamates (subject to hydrolysis) is 1. The Bertz CT molecular complexity index is 1780. The van der Waals surface area contributed by atoms with Crippen LogP contribution in [-0.4, -0.2) is 69.1 Å². The van der Waals surface area contributed by atoms with Crippen LogP contribution in [0.3, 0.4) is 0 Å². The average molecular weight is 707 g/mol. The van der Waals surface area contributed by atoms with Gasteiger partial charge in [-0.1, -0.05) is 114 Å². The molecule has 4 aromatic rings. The number of fused-ring (bicyclic) bond motifs is 3. The molecule has 0 bridgehead atoms. The Morgan fingerprint density at radius 3 is 1.94 bits per heavy atom. The topological polar surface area (TPSA) is 150 Å². The van der Waals surface area contributed by atoms with Gasteiger partial charge in [-0.2, -0.15) is 0 Å². The molecule has 0 saturated carbocycles. The van der Waals surface area contributed by atoms with Gasteiger partial charge in [0.25, 0.3) is 0 Å². The molecule has 270 valence electrons. The summed E-state index contributed by atoms with van der Waals surface area (Å²) in [5.41, 5.74) is 15.6. The number of esters is 1. The van der Waals surface area contributed by atoms with E-state index in [-0.39, 0.29) is 45.4 Å². The van der Waals surface area contributed by atoms with E-state index in [1.54, 1.807) is 0 Å². The van der Waals surface area contributed by atoms with Gasteiger partial charge in [0.2, 0.25) is 0 Å². The summed E-state index contributed by atoms with van der Waals surface area (Å²) in [5, 5.41) is 6.56. The van der Waals surface area contributed by atoms with Gasteiger partial charge in [0.15, 0.2) is 12.4 Å². The molecule has 5 atom stereocenters. The number of benzene rings is 4. The number of carbonyl (C=O) groups excluding carboxylic acids is 2. The van der Waals surface area contributed by atoms with E-state index in [1.165, 1.54) is 6.92 Å². The molecule has 12 nitrogen and oxygen atoms in total. The maximum atomic E-state index is 12.7. The van der Waals surface area contributed by atoms with Crippen LogP contribution in [0.25, 0.3) is 21.6 Å². The fourth-order valence-corrected chi connectivity index (χ4v) is 6.63. The van der Waals surface area contributed by atoms with Crippen molar-refractivity contribution >= 4 is 12.1 Å². The van der Waals surface area contributed by atoms with Gasteiger partial charge < -0.3 is 33.7 Å². The first kappa shape index (κ1) is 36.6. The van der Waals surface area contributed by atoms with Crippen LogP contribution in [-0.2, 0) is 46.4 Å². The van der Waals surface area contributed by atoms with Crippen LogP contribution >= 0.6 is 0 Å². The molecule has 1 amide bonds. The van der Waals surface area contributed by atoms with Gasteiger partial charge in [-0.15, -0.1) is 0 Å². The highest BCUT2D eigenvalue weighted by Crippen LogP contribution is 2.44. The van der Waals surface area contributed by atoms with Crippen molar-refractivity contribution in [3.8, 4) is 11.1 Å². The molecule has 1 N–H and O–H groups in total. The quantitative estimate of drug-likeness (QED) is 0.0427. The molecule has 1 fully saturated rings. The van der Waals surface area contributed by atoms with Crippen LogP contribution < -0.4 is 5.32 Å². The zero-order valence-electron chi connectivity index (χ0n) is 28.9. The molecule has 6 rings (SSSR count).